The summed E-state index contributed by atoms with van der Waals surface area (Å²) in [4.78, 5) is 0. The molecule has 7 heteroatoms. The average molecular weight is 407 g/mol. The van der Waals surface area contributed by atoms with Crippen LogP contribution in [-0.4, -0.2) is 21.9 Å². The second-order valence-corrected chi connectivity index (χ2v) is 0. The topological polar surface area (TPSA) is 123 Å². The van der Waals surface area contributed by atoms with Crippen molar-refractivity contribution in [2.75, 3.05) is 0 Å². The Morgan fingerprint density at radius 1 is 0.571 bits per heavy atom. The molecule has 0 fully saturated rings. The molecule has 0 rings (SSSR count). The van der Waals surface area contributed by atoms with Crippen molar-refractivity contribution in [3.8, 4) is 0 Å². The van der Waals surface area contributed by atoms with Crippen molar-refractivity contribution < 1.29 is 110 Å². The Bertz CT molecular complexity index is 9.65. The van der Waals surface area contributed by atoms with Gasteiger partial charge >= 0.3 is 0 Å². The van der Waals surface area contributed by atoms with Crippen molar-refractivity contribution in [3.63, 3.8) is 0 Å². The first kappa shape index (κ1) is 99.8. The molecule has 6 N–H and O–H groups in total. The van der Waals surface area contributed by atoms with Crippen molar-refractivity contribution in [2.24, 2.45) is 0 Å². The second kappa shape index (κ2) is 70.2. The van der Waals surface area contributed by atoms with Crippen LogP contribution in [0.2, 0.25) is 0 Å². The van der Waals surface area contributed by atoms with Crippen LogP contribution in [0.25, 0.3) is 0 Å². The fourth-order valence-corrected chi connectivity index (χ4v) is 0. The van der Waals surface area contributed by atoms with Gasteiger partial charge < -0.3 is 21.9 Å². The average Bonchev–Trinajstić information content (AvgIpc) is 0. The number of rotatable bonds is 0. The molecular formula is H6La2NiO4-2. The summed E-state index contributed by atoms with van der Waals surface area (Å²) < 4.78 is 0. The molecule has 4 nitrogen and oxygen atoms in total. The van der Waals surface area contributed by atoms with Crippen molar-refractivity contribution >= 4 is 0 Å². The van der Waals surface area contributed by atoms with Crippen LogP contribution >= 0.6 is 0 Å². The molecular weight excluding hydrogens is 401 g/mol. The molecule has 2 radical (unpaired) electrons. The summed E-state index contributed by atoms with van der Waals surface area (Å²) in [5.41, 5.74) is 0. The van der Waals surface area contributed by atoms with Gasteiger partial charge in [0.2, 0.25) is 0 Å². The molecule has 0 amide bonds. The van der Waals surface area contributed by atoms with Crippen LogP contribution in [0.15, 0.2) is 0 Å². The Balaban J connectivity index is 0. The van der Waals surface area contributed by atoms with Crippen LogP contribution < -0.4 is 0 Å². The molecule has 0 spiro atoms. The fourth-order valence-electron chi connectivity index (χ4n) is 0. The zero-order valence-corrected chi connectivity index (χ0v) is 11.6. The standard InChI is InChI=1S/2La.Ni.4H2O/h;;;4*1H2/p-2. The third-order valence-electron chi connectivity index (χ3n) is 0. The van der Waals surface area contributed by atoms with Gasteiger partial charge in [-0.3, -0.25) is 0 Å². The van der Waals surface area contributed by atoms with Gasteiger partial charge in [-0.1, -0.05) is 0 Å². The quantitative estimate of drug-likeness (QED) is 0.432. The molecule has 0 saturated heterocycles. The van der Waals surface area contributed by atoms with Gasteiger partial charge in [-0.2, -0.15) is 0 Å². The van der Waals surface area contributed by atoms with E-state index in [1.54, 1.807) is 0 Å². The van der Waals surface area contributed by atoms with Gasteiger partial charge in [-0.15, -0.1) is 0 Å². The van der Waals surface area contributed by atoms with E-state index in [2.05, 4.69) is 0 Å². The van der Waals surface area contributed by atoms with E-state index in [1.807, 2.05) is 0 Å². The molecule has 0 aromatic carbocycles. The maximum Gasteiger partial charge on any atom is 0 e. The molecule has 0 atom stereocenters. The predicted molar refractivity (Wildman–Crippen MR) is 11.1 cm³/mol. The minimum Gasteiger partial charge on any atom is -0.870 e. The monoisotopic (exact) mass is 406 g/mol. The molecule has 0 aromatic heterocycles. The van der Waals surface area contributed by atoms with Gasteiger partial charge in [0, 0.05) is 87.7 Å². The maximum absolute atomic E-state index is 0. The minimum absolute atomic E-state index is 0. The normalized spacial score (nSPS) is 0. The van der Waals surface area contributed by atoms with Gasteiger partial charge in [0.25, 0.3) is 0 Å². The number of hydrogen-bond acceptors (Lipinski definition) is 2. The van der Waals surface area contributed by atoms with Gasteiger partial charge in [-0.25, -0.2) is 0 Å². The van der Waals surface area contributed by atoms with Crippen LogP contribution in [0.1, 0.15) is 0 Å². The second-order valence-electron chi connectivity index (χ2n) is 0. The molecule has 0 aliphatic carbocycles. The van der Waals surface area contributed by atoms with Gasteiger partial charge in [-0.05, 0) is 0 Å². The smallest absolute Gasteiger partial charge is 0 e. The predicted octanol–water partition coefficient (Wildman–Crippen LogP) is -2.01. The molecule has 0 aromatic rings. The van der Waals surface area contributed by atoms with Crippen molar-refractivity contribution in [1.82, 2.24) is 0 Å². The van der Waals surface area contributed by atoms with Crippen molar-refractivity contribution in [3.05, 3.63) is 0 Å². The first-order chi connectivity index (χ1) is 0. The molecule has 0 aliphatic rings. The zero-order valence-electron chi connectivity index (χ0n) is 3.37. The van der Waals surface area contributed by atoms with E-state index in [4.69, 9.17) is 0 Å². The zero-order chi connectivity index (χ0) is 0. The van der Waals surface area contributed by atoms with Crippen LogP contribution in [0.5, 0.6) is 0 Å². The summed E-state index contributed by atoms with van der Waals surface area (Å²) in [5.74, 6) is 0. The van der Waals surface area contributed by atoms with Crippen molar-refractivity contribution in [2.45, 2.75) is 0 Å². The Hall–Kier alpha value is 2.72. The first-order valence-electron chi connectivity index (χ1n) is 0. The van der Waals surface area contributed by atoms with E-state index >= 15 is 0 Å². The summed E-state index contributed by atoms with van der Waals surface area (Å²) >= 11 is 0. The van der Waals surface area contributed by atoms with Crippen LogP contribution in [0.4, 0.5) is 0 Å². The Morgan fingerprint density at radius 2 is 0.571 bits per heavy atom. The van der Waals surface area contributed by atoms with Crippen LogP contribution in [-0.2, 0) is 16.5 Å². The Kier molecular flexibility index (Phi) is 1000. The van der Waals surface area contributed by atoms with E-state index in [9.17, 15) is 0 Å². The maximum atomic E-state index is 0. The molecule has 7 heavy (non-hydrogen) atoms. The molecule has 0 unspecified atom stereocenters. The molecule has 0 heterocycles. The summed E-state index contributed by atoms with van der Waals surface area (Å²) in [6.07, 6.45) is 0. The minimum atomic E-state index is 0. The Labute approximate surface area is 108 Å². The summed E-state index contributed by atoms with van der Waals surface area (Å²) in [6, 6.07) is 0. The van der Waals surface area contributed by atoms with E-state index in [1.165, 1.54) is 0 Å². The van der Waals surface area contributed by atoms with E-state index in [0.717, 1.165) is 0 Å². The van der Waals surface area contributed by atoms with Gasteiger partial charge in [0.1, 0.15) is 0 Å². The summed E-state index contributed by atoms with van der Waals surface area (Å²) in [7, 11) is 0. The van der Waals surface area contributed by atoms with E-state index in [0.29, 0.717) is 0 Å². The van der Waals surface area contributed by atoms with Crippen LogP contribution in [0, 0.1) is 71.2 Å². The van der Waals surface area contributed by atoms with Crippen molar-refractivity contribution in [1.29, 1.82) is 0 Å². The third kappa shape index (κ3) is 53.2. The van der Waals surface area contributed by atoms with Gasteiger partial charge in [0.05, 0.1) is 0 Å². The third-order valence-corrected chi connectivity index (χ3v) is 0. The first-order valence-corrected chi connectivity index (χ1v) is 0. The Morgan fingerprint density at radius 3 is 0.571 bits per heavy atom. The van der Waals surface area contributed by atoms with Crippen LogP contribution in [0.3, 0.4) is 0 Å². The summed E-state index contributed by atoms with van der Waals surface area (Å²) in [5, 5.41) is 0. The molecule has 0 bridgehead atoms. The molecule has 48 valence electrons. The fraction of sp³-hybridized carbons (Fsp3) is 0. The number of hydrogen-bond donors (Lipinski definition) is 0. The largest absolute Gasteiger partial charge is 0.870 e. The molecule has 0 saturated carbocycles. The van der Waals surface area contributed by atoms with E-state index < -0.39 is 0 Å². The summed E-state index contributed by atoms with van der Waals surface area (Å²) in [6.45, 7) is 0. The van der Waals surface area contributed by atoms with Gasteiger partial charge in [0.15, 0.2) is 0 Å². The molecule has 0 aliphatic heterocycles. The van der Waals surface area contributed by atoms with E-state index in [-0.39, 0.29) is 110 Å². The SMILES string of the molecule is O.O.[La].[La].[Ni].[OH-].[OH-].